The summed E-state index contributed by atoms with van der Waals surface area (Å²) in [6, 6.07) is 2.90. The van der Waals surface area contributed by atoms with Crippen LogP contribution < -0.4 is 4.90 Å². The Balaban J connectivity index is 2.42. The minimum Gasteiger partial charge on any atom is -0.462 e. The first-order valence-electron chi connectivity index (χ1n) is 7.87. The van der Waals surface area contributed by atoms with Crippen LogP contribution in [0, 0.1) is 10.1 Å². The predicted molar refractivity (Wildman–Crippen MR) is 89.3 cm³/mol. The van der Waals surface area contributed by atoms with Crippen molar-refractivity contribution in [3.63, 3.8) is 0 Å². The van der Waals surface area contributed by atoms with Gasteiger partial charge in [0.1, 0.15) is 5.69 Å². The van der Waals surface area contributed by atoms with Gasteiger partial charge in [-0.3, -0.25) is 10.1 Å². The van der Waals surface area contributed by atoms with E-state index in [9.17, 15) is 14.9 Å². The molecule has 1 aliphatic heterocycles. The first kappa shape index (κ1) is 17.5. The molecule has 6 nitrogen and oxygen atoms in total. The van der Waals surface area contributed by atoms with Crippen molar-refractivity contribution < 1.29 is 14.5 Å². The van der Waals surface area contributed by atoms with E-state index in [0.717, 1.165) is 25.8 Å². The molecule has 7 heteroatoms. The van der Waals surface area contributed by atoms with Crippen LogP contribution in [0.25, 0.3) is 0 Å². The monoisotopic (exact) mass is 340 g/mol. The summed E-state index contributed by atoms with van der Waals surface area (Å²) in [4.78, 5) is 24.9. The molecule has 1 unspecified atom stereocenters. The van der Waals surface area contributed by atoms with Crippen LogP contribution >= 0.6 is 11.6 Å². The highest BCUT2D eigenvalue weighted by Crippen LogP contribution is 2.40. The molecular weight excluding hydrogens is 320 g/mol. The number of nitro groups is 1. The lowest BCUT2D eigenvalue weighted by Crippen LogP contribution is -2.38. The Morgan fingerprint density at radius 3 is 2.83 bits per heavy atom. The van der Waals surface area contributed by atoms with Gasteiger partial charge in [0, 0.05) is 18.7 Å². The van der Waals surface area contributed by atoms with Gasteiger partial charge in [0.2, 0.25) is 0 Å². The standard InChI is InChI=1S/C16H21ClN2O4/c1-3-8-23-16(20)12-9-13(17)15(14(10-12)19(21)22)18-7-5-4-6-11(18)2/h9-11H,3-8H2,1-2H3. The largest absolute Gasteiger partial charge is 0.462 e. The van der Waals surface area contributed by atoms with Gasteiger partial charge in [-0.25, -0.2) is 4.79 Å². The summed E-state index contributed by atoms with van der Waals surface area (Å²) in [5.41, 5.74) is 0.370. The fourth-order valence-corrected chi connectivity index (χ4v) is 3.16. The topological polar surface area (TPSA) is 72.7 Å². The van der Waals surface area contributed by atoms with Gasteiger partial charge in [0.05, 0.1) is 22.1 Å². The van der Waals surface area contributed by atoms with Crippen molar-refractivity contribution in [3.05, 3.63) is 32.8 Å². The van der Waals surface area contributed by atoms with Gasteiger partial charge >= 0.3 is 5.97 Å². The highest BCUT2D eigenvalue weighted by Gasteiger charge is 2.30. The molecule has 0 aromatic heterocycles. The second-order valence-electron chi connectivity index (χ2n) is 5.76. The van der Waals surface area contributed by atoms with Crippen LogP contribution in [-0.2, 0) is 4.74 Å². The third kappa shape index (κ3) is 3.93. The molecule has 1 fully saturated rings. The number of esters is 1. The van der Waals surface area contributed by atoms with Crippen LogP contribution in [-0.4, -0.2) is 30.1 Å². The van der Waals surface area contributed by atoms with E-state index < -0.39 is 10.9 Å². The number of halogens is 1. The van der Waals surface area contributed by atoms with Crippen LogP contribution in [0.2, 0.25) is 5.02 Å². The number of nitrogens with zero attached hydrogens (tertiary/aromatic N) is 2. The second kappa shape index (κ2) is 7.64. The van der Waals surface area contributed by atoms with E-state index >= 15 is 0 Å². The molecule has 126 valence electrons. The first-order valence-corrected chi connectivity index (χ1v) is 8.25. The smallest absolute Gasteiger partial charge is 0.338 e. The molecule has 0 N–H and O–H groups in total. The summed E-state index contributed by atoms with van der Waals surface area (Å²) in [5, 5.41) is 11.7. The average Bonchev–Trinajstić information content (AvgIpc) is 2.52. The molecular formula is C16H21ClN2O4. The van der Waals surface area contributed by atoms with Crippen LogP contribution in [0.3, 0.4) is 0 Å². The quantitative estimate of drug-likeness (QED) is 0.456. The number of carbonyl (C=O) groups is 1. The molecule has 0 aliphatic carbocycles. The Kier molecular flexibility index (Phi) is 5.82. The number of ether oxygens (including phenoxy) is 1. The molecule has 0 radical (unpaired) electrons. The van der Waals surface area contributed by atoms with E-state index in [0.29, 0.717) is 12.1 Å². The van der Waals surface area contributed by atoms with Crippen LogP contribution in [0.4, 0.5) is 11.4 Å². The van der Waals surface area contributed by atoms with Crippen molar-refractivity contribution >= 4 is 28.9 Å². The highest BCUT2D eigenvalue weighted by molar-refractivity contribution is 6.34. The van der Waals surface area contributed by atoms with Crippen LogP contribution in [0.5, 0.6) is 0 Å². The Morgan fingerprint density at radius 1 is 1.48 bits per heavy atom. The van der Waals surface area contributed by atoms with E-state index in [1.54, 1.807) is 0 Å². The number of hydrogen-bond acceptors (Lipinski definition) is 5. The van der Waals surface area contributed by atoms with E-state index in [2.05, 4.69) is 0 Å². The Morgan fingerprint density at radius 2 is 2.22 bits per heavy atom. The van der Waals surface area contributed by atoms with Crippen molar-refractivity contribution in [2.75, 3.05) is 18.1 Å². The molecule has 1 aliphatic rings. The van der Waals surface area contributed by atoms with Crippen molar-refractivity contribution in [1.29, 1.82) is 0 Å². The number of carbonyl (C=O) groups excluding carboxylic acids is 1. The van der Waals surface area contributed by atoms with Gasteiger partial charge < -0.3 is 9.64 Å². The maximum absolute atomic E-state index is 12.0. The number of anilines is 1. The minimum absolute atomic E-state index is 0.114. The maximum atomic E-state index is 12.0. The number of hydrogen-bond donors (Lipinski definition) is 0. The van der Waals surface area contributed by atoms with Crippen LogP contribution in [0.15, 0.2) is 12.1 Å². The Bertz CT molecular complexity index is 606. The first-order chi connectivity index (χ1) is 11.0. The summed E-state index contributed by atoms with van der Waals surface area (Å²) < 4.78 is 5.04. The molecule has 1 atom stereocenters. The third-order valence-electron chi connectivity index (χ3n) is 4.00. The van der Waals surface area contributed by atoms with E-state index in [-0.39, 0.29) is 28.9 Å². The molecule has 2 rings (SSSR count). The maximum Gasteiger partial charge on any atom is 0.338 e. The minimum atomic E-state index is -0.588. The van der Waals surface area contributed by atoms with E-state index in [1.165, 1.54) is 12.1 Å². The summed E-state index contributed by atoms with van der Waals surface area (Å²) in [6.45, 7) is 4.91. The predicted octanol–water partition coefficient (Wildman–Crippen LogP) is 4.19. The van der Waals surface area contributed by atoms with Gasteiger partial charge in [0.25, 0.3) is 5.69 Å². The molecule has 0 amide bonds. The molecule has 1 aromatic carbocycles. The lowest BCUT2D eigenvalue weighted by atomic mass is 10.0. The normalized spacial score (nSPS) is 17.9. The molecule has 1 aromatic rings. The zero-order valence-electron chi connectivity index (χ0n) is 13.4. The molecule has 1 heterocycles. The van der Waals surface area contributed by atoms with Crippen molar-refractivity contribution in [2.24, 2.45) is 0 Å². The van der Waals surface area contributed by atoms with Crippen molar-refractivity contribution in [1.82, 2.24) is 0 Å². The fourth-order valence-electron chi connectivity index (χ4n) is 2.83. The summed E-state index contributed by atoms with van der Waals surface area (Å²) >= 11 is 6.30. The molecule has 0 bridgehead atoms. The van der Waals surface area contributed by atoms with Crippen molar-refractivity contribution in [2.45, 2.75) is 45.6 Å². The summed E-state index contributed by atoms with van der Waals surface area (Å²) in [5.74, 6) is -0.588. The average molecular weight is 341 g/mol. The number of piperidine rings is 1. The number of nitro benzene ring substituents is 1. The zero-order chi connectivity index (χ0) is 17.0. The zero-order valence-corrected chi connectivity index (χ0v) is 14.1. The van der Waals surface area contributed by atoms with Gasteiger partial charge in [-0.05, 0) is 38.7 Å². The number of benzene rings is 1. The Hall–Kier alpha value is -1.82. The van der Waals surface area contributed by atoms with Gasteiger partial charge in [0.15, 0.2) is 0 Å². The van der Waals surface area contributed by atoms with Crippen molar-refractivity contribution in [3.8, 4) is 0 Å². The Labute approximate surface area is 140 Å². The number of rotatable bonds is 5. The fraction of sp³-hybridized carbons (Fsp3) is 0.562. The SMILES string of the molecule is CCCOC(=O)c1cc(Cl)c(N2CCCCC2C)c([N+](=O)[O-])c1. The third-order valence-corrected chi connectivity index (χ3v) is 4.29. The van der Waals surface area contributed by atoms with Gasteiger partial charge in [-0.15, -0.1) is 0 Å². The van der Waals surface area contributed by atoms with Crippen LogP contribution in [0.1, 0.15) is 49.9 Å². The summed E-state index contributed by atoms with van der Waals surface area (Å²) in [6.07, 6.45) is 3.72. The van der Waals surface area contributed by atoms with E-state index in [4.69, 9.17) is 16.3 Å². The summed E-state index contributed by atoms with van der Waals surface area (Å²) in [7, 11) is 0. The molecule has 23 heavy (non-hydrogen) atoms. The second-order valence-corrected chi connectivity index (χ2v) is 6.16. The molecule has 1 saturated heterocycles. The van der Waals surface area contributed by atoms with Gasteiger partial charge in [-0.2, -0.15) is 0 Å². The molecule has 0 spiro atoms. The lowest BCUT2D eigenvalue weighted by Gasteiger charge is -2.35. The van der Waals surface area contributed by atoms with E-state index in [1.807, 2.05) is 18.7 Å². The van der Waals surface area contributed by atoms with Gasteiger partial charge in [-0.1, -0.05) is 18.5 Å². The molecule has 0 saturated carbocycles. The highest BCUT2D eigenvalue weighted by atomic mass is 35.5. The lowest BCUT2D eigenvalue weighted by molar-refractivity contribution is -0.384.